The third kappa shape index (κ3) is 4.51. The van der Waals surface area contributed by atoms with E-state index >= 15 is 0 Å². The molecule has 1 amide bonds. The Morgan fingerprint density at radius 3 is 2.56 bits per heavy atom. The van der Waals surface area contributed by atoms with Gasteiger partial charge in [-0.25, -0.2) is 0 Å². The molecular weight excluding hydrogens is 336 g/mol. The van der Waals surface area contributed by atoms with Gasteiger partial charge in [-0.3, -0.25) is 9.69 Å². The van der Waals surface area contributed by atoms with Crippen molar-refractivity contribution in [1.82, 2.24) is 9.80 Å². The highest BCUT2D eigenvalue weighted by atomic mass is 16.5. The van der Waals surface area contributed by atoms with E-state index < -0.39 is 0 Å². The summed E-state index contributed by atoms with van der Waals surface area (Å²) in [4.78, 5) is 17.4. The molecule has 3 saturated heterocycles. The van der Waals surface area contributed by atoms with Gasteiger partial charge >= 0.3 is 0 Å². The van der Waals surface area contributed by atoms with Crippen LogP contribution in [0.15, 0.2) is 54.6 Å². The molecule has 5 rings (SSSR count). The van der Waals surface area contributed by atoms with Crippen LogP contribution in [0.3, 0.4) is 0 Å². The van der Waals surface area contributed by atoms with E-state index in [4.69, 9.17) is 4.74 Å². The fourth-order valence-electron chi connectivity index (χ4n) is 4.27. The van der Waals surface area contributed by atoms with Crippen molar-refractivity contribution in [3.05, 3.63) is 65.7 Å². The molecule has 3 fully saturated rings. The lowest BCUT2D eigenvalue weighted by Crippen LogP contribution is -2.44. The Balaban J connectivity index is 1.36. The van der Waals surface area contributed by atoms with Crippen molar-refractivity contribution in [3.8, 4) is 5.75 Å². The molecule has 4 heteroatoms. The van der Waals surface area contributed by atoms with Gasteiger partial charge in [0.25, 0.3) is 5.91 Å². The van der Waals surface area contributed by atoms with Gasteiger partial charge in [-0.1, -0.05) is 48.0 Å². The number of benzene rings is 2. The highest BCUT2D eigenvalue weighted by Crippen LogP contribution is 2.29. The Kier molecular flexibility index (Phi) is 5.44. The Hall–Kier alpha value is -2.33. The molecule has 0 N–H and O–H groups in total. The number of piperidine rings is 1. The van der Waals surface area contributed by atoms with Crippen LogP contribution in [0.2, 0.25) is 0 Å². The normalized spacial score (nSPS) is 22.5. The molecule has 0 aliphatic carbocycles. The van der Waals surface area contributed by atoms with E-state index in [0.717, 1.165) is 31.9 Å². The summed E-state index contributed by atoms with van der Waals surface area (Å²) in [6.07, 6.45) is 2.40. The van der Waals surface area contributed by atoms with Crippen molar-refractivity contribution < 1.29 is 9.53 Å². The minimum Gasteiger partial charge on any atom is -0.484 e. The maximum atomic E-state index is 12.8. The van der Waals surface area contributed by atoms with E-state index in [0.29, 0.717) is 12.0 Å². The number of amides is 1. The zero-order chi connectivity index (χ0) is 18.6. The molecule has 0 aromatic heterocycles. The van der Waals surface area contributed by atoms with Gasteiger partial charge in [0, 0.05) is 32.2 Å². The molecular formula is C23H28N2O2. The summed E-state index contributed by atoms with van der Waals surface area (Å²) in [5, 5.41) is 0. The Labute approximate surface area is 161 Å². The van der Waals surface area contributed by atoms with Crippen molar-refractivity contribution in [1.29, 1.82) is 0 Å². The molecule has 2 atom stereocenters. The fourth-order valence-corrected chi connectivity index (χ4v) is 4.27. The second-order valence-corrected chi connectivity index (χ2v) is 7.91. The molecule has 27 heavy (non-hydrogen) atoms. The maximum absolute atomic E-state index is 12.8. The number of hydrogen-bond donors (Lipinski definition) is 0. The molecule has 0 saturated carbocycles. The summed E-state index contributed by atoms with van der Waals surface area (Å²) in [6, 6.07) is 19.0. The number of fused-ring (bicyclic) bond motifs is 4. The highest BCUT2D eigenvalue weighted by molar-refractivity contribution is 5.78. The van der Waals surface area contributed by atoms with Crippen LogP contribution < -0.4 is 4.74 Å². The summed E-state index contributed by atoms with van der Waals surface area (Å²) >= 11 is 0. The van der Waals surface area contributed by atoms with Crippen LogP contribution in [0.4, 0.5) is 0 Å². The van der Waals surface area contributed by atoms with Crippen LogP contribution in [0, 0.1) is 12.8 Å². The third-order valence-electron chi connectivity index (χ3n) is 5.79. The molecule has 0 spiro atoms. The van der Waals surface area contributed by atoms with Gasteiger partial charge in [0.2, 0.25) is 0 Å². The van der Waals surface area contributed by atoms with Crippen LogP contribution in [0.25, 0.3) is 0 Å². The van der Waals surface area contributed by atoms with Crippen LogP contribution >= 0.6 is 0 Å². The smallest absolute Gasteiger partial charge is 0.260 e. The number of aryl methyl sites for hydroxylation is 1. The second kappa shape index (κ2) is 8.13. The Morgan fingerprint density at radius 1 is 1.00 bits per heavy atom. The molecule has 4 nitrogen and oxygen atoms in total. The third-order valence-corrected chi connectivity index (χ3v) is 5.79. The molecule has 3 aliphatic heterocycles. The van der Waals surface area contributed by atoms with E-state index in [1.165, 1.54) is 24.0 Å². The van der Waals surface area contributed by atoms with Crippen molar-refractivity contribution in [2.45, 2.75) is 32.4 Å². The van der Waals surface area contributed by atoms with Gasteiger partial charge in [0.05, 0.1) is 0 Å². The standard InChI is InChI=1S/C23H28N2O2/c1-18-7-11-22(12-8-18)27-17-23(26)25-15-20-9-10-21(16-25)24(14-20)13-19-5-3-2-4-6-19/h2-8,11-12,20-21H,9-10,13-17H2,1H3/t20-,21-/m0/s1. The first-order valence-corrected chi connectivity index (χ1v) is 9.92. The van der Waals surface area contributed by atoms with Gasteiger partial charge in [0.15, 0.2) is 6.61 Å². The number of ether oxygens (including phenoxy) is 1. The molecule has 2 aromatic rings. The van der Waals surface area contributed by atoms with Crippen LogP contribution in [0.5, 0.6) is 5.75 Å². The van der Waals surface area contributed by atoms with Gasteiger partial charge in [-0.05, 0) is 43.4 Å². The second-order valence-electron chi connectivity index (χ2n) is 7.91. The zero-order valence-corrected chi connectivity index (χ0v) is 16.0. The number of nitrogens with zero attached hydrogens (tertiary/aromatic N) is 2. The fraction of sp³-hybridized carbons (Fsp3) is 0.435. The lowest BCUT2D eigenvalue weighted by molar-refractivity contribution is -0.133. The van der Waals surface area contributed by atoms with E-state index in [-0.39, 0.29) is 12.5 Å². The largest absolute Gasteiger partial charge is 0.484 e. The first-order valence-electron chi connectivity index (χ1n) is 9.92. The van der Waals surface area contributed by atoms with E-state index in [9.17, 15) is 4.79 Å². The van der Waals surface area contributed by atoms with Gasteiger partial charge in [0.1, 0.15) is 5.75 Å². The first-order chi connectivity index (χ1) is 13.2. The van der Waals surface area contributed by atoms with E-state index in [1.54, 1.807) is 0 Å². The Morgan fingerprint density at radius 2 is 1.78 bits per heavy atom. The molecule has 3 aliphatic rings. The molecule has 0 unspecified atom stereocenters. The summed E-state index contributed by atoms with van der Waals surface area (Å²) < 4.78 is 5.73. The van der Waals surface area contributed by atoms with Crippen LogP contribution in [-0.4, -0.2) is 48.0 Å². The monoisotopic (exact) mass is 364 g/mol. The summed E-state index contributed by atoms with van der Waals surface area (Å²) in [5.41, 5.74) is 2.54. The van der Waals surface area contributed by atoms with E-state index in [2.05, 4.69) is 35.2 Å². The van der Waals surface area contributed by atoms with Crippen molar-refractivity contribution in [3.63, 3.8) is 0 Å². The van der Waals surface area contributed by atoms with Crippen molar-refractivity contribution >= 4 is 5.91 Å². The quantitative estimate of drug-likeness (QED) is 0.814. The van der Waals surface area contributed by atoms with Gasteiger partial charge in [-0.2, -0.15) is 0 Å². The SMILES string of the molecule is Cc1ccc(OCC(=O)N2C[C@H]3CC[C@@H](C2)N(Cc2ccccc2)C3)cc1. The molecule has 3 heterocycles. The van der Waals surface area contributed by atoms with Crippen LogP contribution in [-0.2, 0) is 11.3 Å². The summed E-state index contributed by atoms with van der Waals surface area (Å²) in [7, 11) is 0. The lowest BCUT2D eigenvalue weighted by atomic mass is 9.94. The number of hydrogen-bond acceptors (Lipinski definition) is 3. The average molecular weight is 364 g/mol. The Bertz CT molecular complexity index is 760. The highest BCUT2D eigenvalue weighted by Gasteiger charge is 2.36. The first kappa shape index (κ1) is 18.1. The molecule has 2 aromatic carbocycles. The maximum Gasteiger partial charge on any atom is 0.260 e. The minimum absolute atomic E-state index is 0.106. The van der Waals surface area contributed by atoms with Crippen molar-refractivity contribution in [2.24, 2.45) is 5.92 Å². The topological polar surface area (TPSA) is 32.8 Å². The number of carbonyl (C=O) groups is 1. The van der Waals surface area contributed by atoms with Crippen LogP contribution in [0.1, 0.15) is 24.0 Å². The molecule has 0 radical (unpaired) electrons. The molecule has 2 bridgehead atoms. The lowest BCUT2D eigenvalue weighted by Gasteiger charge is -2.36. The molecule has 142 valence electrons. The zero-order valence-electron chi connectivity index (χ0n) is 16.0. The average Bonchev–Trinajstić information content (AvgIpc) is 3.00. The van der Waals surface area contributed by atoms with Crippen molar-refractivity contribution in [2.75, 3.05) is 26.2 Å². The van der Waals surface area contributed by atoms with Gasteiger partial charge in [-0.15, -0.1) is 0 Å². The predicted octanol–water partition coefficient (Wildman–Crippen LogP) is 3.50. The predicted molar refractivity (Wildman–Crippen MR) is 107 cm³/mol. The summed E-state index contributed by atoms with van der Waals surface area (Å²) in [5.74, 6) is 1.43. The van der Waals surface area contributed by atoms with Gasteiger partial charge < -0.3 is 9.64 Å². The van der Waals surface area contributed by atoms with E-state index in [1.807, 2.05) is 36.1 Å². The number of rotatable bonds is 5. The minimum atomic E-state index is 0.106. The summed E-state index contributed by atoms with van der Waals surface area (Å²) in [6.45, 7) is 5.91. The number of carbonyl (C=O) groups excluding carboxylic acids is 1.